The van der Waals surface area contributed by atoms with Gasteiger partial charge < -0.3 is 10.6 Å². The van der Waals surface area contributed by atoms with Crippen molar-refractivity contribution in [3.63, 3.8) is 0 Å². The van der Waals surface area contributed by atoms with Gasteiger partial charge in [0.25, 0.3) is 0 Å². The number of likely N-dealkylation sites (N-methyl/N-ethyl adjacent to an activating group) is 1. The first-order valence-corrected chi connectivity index (χ1v) is 6.42. The minimum atomic E-state index is -0.188. The SMILES string of the molecule is CN(c1ccc(F)cc1)C1CCCCCC1N. The molecule has 2 unspecified atom stereocenters. The lowest BCUT2D eigenvalue weighted by Gasteiger charge is -2.33. The molecule has 0 heterocycles. The molecular formula is C14H21FN2. The Morgan fingerprint density at radius 3 is 2.47 bits per heavy atom. The second-order valence-corrected chi connectivity index (χ2v) is 4.96. The molecule has 17 heavy (non-hydrogen) atoms. The highest BCUT2D eigenvalue weighted by Crippen LogP contribution is 2.25. The van der Waals surface area contributed by atoms with Crippen molar-refractivity contribution in [2.45, 2.75) is 44.2 Å². The average molecular weight is 236 g/mol. The molecule has 0 saturated heterocycles. The molecule has 2 atom stereocenters. The Labute approximate surface area is 103 Å². The molecule has 3 heteroatoms. The Morgan fingerprint density at radius 1 is 1.12 bits per heavy atom. The lowest BCUT2D eigenvalue weighted by Crippen LogP contribution is -2.45. The molecule has 1 aromatic rings. The predicted molar refractivity (Wildman–Crippen MR) is 69.7 cm³/mol. The summed E-state index contributed by atoms with van der Waals surface area (Å²) in [5, 5.41) is 0. The summed E-state index contributed by atoms with van der Waals surface area (Å²) < 4.78 is 12.9. The van der Waals surface area contributed by atoms with Crippen LogP contribution < -0.4 is 10.6 Å². The minimum absolute atomic E-state index is 0.188. The van der Waals surface area contributed by atoms with Crippen LogP contribution in [0.5, 0.6) is 0 Å². The first kappa shape index (κ1) is 12.4. The molecule has 2 nitrogen and oxygen atoms in total. The molecule has 1 saturated carbocycles. The Morgan fingerprint density at radius 2 is 1.76 bits per heavy atom. The molecule has 94 valence electrons. The molecule has 2 rings (SSSR count). The van der Waals surface area contributed by atoms with Gasteiger partial charge in [0.1, 0.15) is 5.82 Å². The third-order valence-corrected chi connectivity index (χ3v) is 3.76. The number of hydrogen-bond acceptors (Lipinski definition) is 2. The molecular weight excluding hydrogens is 215 g/mol. The molecule has 0 amide bonds. The monoisotopic (exact) mass is 236 g/mol. The van der Waals surface area contributed by atoms with E-state index in [1.807, 2.05) is 12.1 Å². The van der Waals surface area contributed by atoms with Crippen molar-refractivity contribution in [3.05, 3.63) is 30.1 Å². The fourth-order valence-electron chi connectivity index (χ4n) is 2.67. The topological polar surface area (TPSA) is 29.3 Å². The van der Waals surface area contributed by atoms with Crippen molar-refractivity contribution in [2.75, 3.05) is 11.9 Å². The van der Waals surface area contributed by atoms with Crippen LogP contribution in [-0.2, 0) is 0 Å². The largest absolute Gasteiger partial charge is 0.370 e. The lowest BCUT2D eigenvalue weighted by atomic mass is 10.0. The fraction of sp³-hybridized carbons (Fsp3) is 0.571. The van der Waals surface area contributed by atoms with Gasteiger partial charge in [-0.3, -0.25) is 0 Å². The van der Waals surface area contributed by atoms with Crippen LogP contribution in [0.3, 0.4) is 0 Å². The number of anilines is 1. The van der Waals surface area contributed by atoms with E-state index in [-0.39, 0.29) is 11.9 Å². The number of rotatable bonds is 2. The molecule has 0 radical (unpaired) electrons. The summed E-state index contributed by atoms with van der Waals surface area (Å²) in [4.78, 5) is 2.20. The molecule has 0 aromatic heterocycles. The number of benzene rings is 1. The van der Waals surface area contributed by atoms with Gasteiger partial charge in [0.15, 0.2) is 0 Å². The standard InChI is InChI=1S/C14H21FN2/c1-17(12-9-7-11(15)8-10-12)14-6-4-2-3-5-13(14)16/h7-10,13-14H,2-6,16H2,1H3. The first-order chi connectivity index (χ1) is 8.18. The van der Waals surface area contributed by atoms with Crippen LogP contribution in [0.2, 0.25) is 0 Å². The van der Waals surface area contributed by atoms with E-state index in [1.165, 1.54) is 31.4 Å². The van der Waals surface area contributed by atoms with Gasteiger partial charge in [-0.05, 0) is 37.1 Å². The number of hydrogen-bond donors (Lipinski definition) is 1. The minimum Gasteiger partial charge on any atom is -0.370 e. The molecule has 1 aliphatic rings. The zero-order valence-electron chi connectivity index (χ0n) is 10.4. The number of halogens is 1. The Bertz CT molecular complexity index is 350. The van der Waals surface area contributed by atoms with Gasteiger partial charge in [0.05, 0.1) is 0 Å². The smallest absolute Gasteiger partial charge is 0.123 e. The second-order valence-electron chi connectivity index (χ2n) is 4.96. The Balaban J connectivity index is 2.11. The molecule has 1 aliphatic carbocycles. The zero-order chi connectivity index (χ0) is 12.3. The number of nitrogens with zero attached hydrogens (tertiary/aromatic N) is 1. The van der Waals surface area contributed by atoms with Gasteiger partial charge in [0, 0.05) is 24.8 Å². The highest BCUT2D eigenvalue weighted by Gasteiger charge is 2.24. The van der Waals surface area contributed by atoms with Gasteiger partial charge in [0.2, 0.25) is 0 Å². The van der Waals surface area contributed by atoms with Crippen molar-refractivity contribution in [1.82, 2.24) is 0 Å². The van der Waals surface area contributed by atoms with E-state index < -0.39 is 0 Å². The van der Waals surface area contributed by atoms with Crippen LogP contribution in [0.25, 0.3) is 0 Å². The van der Waals surface area contributed by atoms with Crippen LogP contribution in [-0.4, -0.2) is 19.1 Å². The first-order valence-electron chi connectivity index (χ1n) is 6.42. The fourth-order valence-corrected chi connectivity index (χ4v) is 2.67. The van der Waals surface area contributed by atoms with Crippen LogP contribution in [0.15, 0.2) is 24.3 Å². The molecule has 2 N–H and O–H groups in total. The van der Waals surface area contributed by atoms with Crippen molar-refractivity contribution in [1.29, 1.82) is 0 Å². The van der Waals surface area contributed by atoms with Gasteiger partial charge in [-0.25, -0.2) is 4.39 Å². The summed E-state index contributed by atoms with van der Waals surface area (Å²) in [7, 11) is 2.06. The summed E-state index contributed by atoms with van der Waals surface area (Å²) in [5.41, 5.74) is 7.28. The van der Waals surface area contributed by atoms with Crippen LogP contribution in [0, 0.1) is 5.82 Å². The Kier molecular flexibility index (Phi) is 4.00. The third-order valence-electron chi connectivity index (χ3n) is 3.76. The van der Waals surface area contributed by atoms with E-state index in [1.54, 1.807) is 0 Å². The molecule has 0 bridgehead atoms. The highest BCUT2D eigenvalue weighted by atomic mass is 19.1. The summed E-state index contributed by atoms with van der Waals surface area (Å²) in [6, 6.07) is 7.28. The highest BCUT2D eigenvalue weighted by molar-refractivity contribution is 5.46. The van der Waals surface area contributed by atoms with E-state index in [2.05, 4.69) is 11.9 Å². The normalized spacial score (nSPS) is 25.4. The van der Waals surface area contributed by atoms with Gasteiger partial charge in [-0.2, -0.15) is 0 Å². The van der Waals surface area contributed by atoms with E-state index in [4.69, 9.17) is 5.73 Å². The number of nitrogens with two attached hydrogens (primary N) is 1. The van der Waals surface area contributed by atoms with E-state index in [0.717, 1.165) is 18.5 Å². The summed E-state index contributed by atoms with van der Waals surface area (Å²) in [6.07, 6.45) is 5.98. The van der Waals surface area contributed by atoms with Crippen LogP contribution in [0.4, 0.5) is 10.1 Å². The predicted octanol–water partition coefficient (Wildman–Crippen LogP) is 2.92. The van der Waals surface area contributed by atoms with E-state index in [0.29, 0.717) is 6.04 Å². The molecule has 1 aromatic carbocycles. The van der Waals surface area contributed by atoms with E-state index in [9.17, 15) is 4.39 Å². The maximum Gasteiger partial charge on any atom is 0.123 e. The third kappa shape index (κ3) is 2.97. The summed E-state index contributed by atoms with van der Waals surface area (Å²) >= 11 is 0. The maximum atomic E-state index is 12.9. The van der Waals surface area contributed by atoms with Crippen molar-refractivity contribution >= 4 is 5.69 Å². The zero-order valence-corrected chi connectivity index (χ0v) is 10.4. The Hall–Kier alpha value is -1.09. The van der Waals surface area contributed by atoms with Crippen molar-refractivity contribution in [3.8, 4) is 0 Å². The van der Waals surface area contributed by atoms with Gasteiger partial charge in [-0.1, -0.05) is 19.3 Å². The van der Waals surface area contributed by atoms with Crippen molar-refractivity contribution in [2.24, 2.45) is 5.73 Å². The second kappa shape index (κ2) is 5.50. The van der Waals surface area contributed by atoms with Crippen LogP contribution in [0.1, 0.15) is 32.1 Å². The summed E-state index contributed by atoms with van der Waals surface area (Å²) in [6.45, 7) is 0. The van der Waals surface area contributed by atoms with Gasteiger partial charge in [-0.15, -0.1) is 0 Å². The molecule has 0 spiro atoms. The van der Waals surface area contributed by atoms with Crippen LogP contribution >= 0.6 is 0 Å². The van der Waals surface area contributed by atoms with E-state index >= 15 is 0 Å². The maximum absolute atomic E-state index is 12.9. The van der Waals surface area contributed by atoms with Crippen molar-refractivity contribution < 1.29 is 4.39 Å². The molecule has 1 fully saturated rings. The van der Waals surface area contributed by atoms with Gasteiger partial charge >= 0.3 is 0 Å². The lowest BCUT2D eigenvalue weighted by molar-refractivity contribution is 0.480. The molecule has 0 aliphatic heterocycles. The average Bonchev–Trinajstić information content (AvgIpc) is 2.54. The summed E-state index contributed by atoms with van der Waals surface area (Å²) in [5.74, 6) is -0.188. The quantitative estimate of drug-likeness (QED) is 0.800.